The van der Waals surface area contributed by atoms with Crippen LogP contribution < -0.4 is 11.1 Å². The van der Waals surface area contributed by atoms with Crippen molar-refractivity contribution in [3.05, 3.63) is 64.7 Å². The predicted molar refractivity (Wildman–Crippen MR) is 111 cm³/mol. The van der Waals surface area contributed by atoms with Crippen LogP contribution in [-0.4, -0.2) is 53.8 Å². The van der Waals surface area contributed by atoms with Crippen molar-refractivity contribution in [1.82, 2.24) is 9.80 Å². The molecule has 2 amide bonds. The summed E-state index contributed by atoms with van der Waals surface area (Å²) in [7, 11) is 0. The molecule has 1 saturated heterocycles. The lowest BCUT2D eigenvalue weighted by Crippen LogP contribution is -2.54. The van der Waals surface area contributed by atoms with Crippen LogP contribution >= 0.6 is 11.6 Å². The number of nitrogens with zero attached hydrogens (tertiary/aromatic N) is 2. The van der Waals surface area contributed by atoms with Crippen molar-refractivity contribution in [2.45, 2.75) is 19.0 Å². The maximum atomic E-state index is 13.3. The number of hydrogen-bond donors (Lipinski definition) is 2. The number of halogens is 3. The molecule has 30 heavy (non-hydrogen) atoms. The first-order valence-electron chi connectivity index (χ1n) is 9.55. The highest BCUT2D eigenvalue weighted by Crippen LogP contribution is 2.24. The summed E-state index contributed by atoms with van der Waals surface area (Å²) < 4.78 is 26.4. The van der Waals surface area contributed by atoms with Crippen molar-refractivity contribution >= 4 is 29.1 Å². The van der Waals surface area contributed by atoms with Gasteiger partial charge >= 0.3 is 0 Å². The molecule has 1 heterocycles. The summed E-state index contributed by atoms with van der Waals surface area (Å²) >= 11 is 5.93. The van der Waals surface area contributed by atoms with Gasteiger partial charge in [0.2, 0.25) is 11.8 Å². The summed E-state index contributed by atoms with van der Waals surface area (Å²) in [6, 6.07) is 9.16. The van der Waals surface area contributed by atoms with E-state index in [9.17, 15) is 18.4 Å². The van der Waals surface area contributed by atoms with Gasteiger partial charge in [0.05, 0.1) is 6.04 Å². The van der Waals surface area contributed by atoms with E-state index in [2.05, 4.69) is 5.32 Å². The van der Waals surface area contributed by atoms with Gasteiger partial charge in [-0.25, -0.2) is 8.78 Å². The van der Waals surface area contributed by atoms with Crippen LogP contribution in [0.2, 0.25) is 5.02 Å². The Kier molecular flexibility index (Phi) is 7.02. The lowest BCUT2D eigenvalue weighted by atomic mass is 10.0. The molecule has 0 unspecified atom stereocenters. The Morgan fingerprint density at radius 1 is 1.00 bits per heavy atom. The van der Waals surface area contributed by atoms with Crippen molar-refractivity contribution < 1.29 is 18.4 Å². The minimum Gasteiger partial charge on any atom is -0.368 e. The highest BCUT2D eigenvalue weighted by Gasteiger charge is 2.32. The maximum absolute atomic E-state index is 13.3. The van der Waals surface area contributed by atoms with E-state index in [4.69, 9.17) is 17.3 Å². The predicted octanol–water partition coefficient (Wildman–Crippen LogP) is 2.79. The second-order valence-electron chi connectivity index (χ2n) is 7.22. The fourth-order valence-corrected chi connectivity index (χ4v) is 3.70. The van der Waals surface area contributed by atoms with E-state index < -0.39 is 29.6 Å². The maximum Gasteiger partial charge on any atom is 0.241 e. The highest BCUT2D eigenvalue weighted by atomic mass is 35.5. The van der Waals surface area contributed by atoms with Crippen LogP contribution in [0.15, 0.2) is 42.5 Å². The highest BCUT2D eigenvalue weighted by molar-refractivity contribution is 6.30. The van der Waals surface area contributed by atoms with Gasteiger partial charge in [-0.3, -0.25) is 19.4 Å². The third-order valence-electron chi connectivity index (χ3n) is 5.28. The zero-order chi connectivity index (χ0) is 21.8. The zero-order valence-electron chi connectivity index (χ0n) is 16.4. The van der Waals surface area contributed by atoms with Crippen molar-refractivity contribution in [3.8, 4) is 0 Å². The van der Waals surface area contributed by atoms with Crippen LogP contribution in [0.1, 0.15) is 18.5 Å². The molecular formula is C21H23ClF2N4O2. The number of amides is 2. The van der Waals surface area contributed by atoms with Crippen LogP contribution in [0, 0.1) is 11.6 Å². The zero-order valence-corrected chi connectivity index (χ0v) is 17.2. The first-order chi connectivity index (χ1) is 14.3. The van der Waals surface area contributed by atoms with E-state index in [-0.39, 0.29) is 11.6 Å². The number of anilines is 1. The molecule has 160 valence electrons. The van der Waals surface area contributed by atoms with Gasteiger partial charge in [-0.05, 0) is 36.8 Å². The van der Waals surface area contributed by atoms with Crippen molar-refractivity contribution in [2.24, 2.45) is 5.73 Å². The Morgan fingerprint density at radius 2 is 1.60 bits per heavy atom. The third-order valence-corrected chi connectivity index (χ3v) is 5.54. The normalized spacial score (nSPS) is 17.3. The Morgan fingerprint density at radius 3 is 2.17 bits per heavy atom. The Balaban J connectivity index is 1.60. The molecule has 1 aliphatic rings. The average Bonchev–Trinajstić information content (AvgIpc) is 2.72. The number of rotatable bonds is 6. The molecule has 0 spiro atoms. The molecule has 0 saturated carbocycles. The van der Waals surface area contributed by atoms with Gasteiger partial charge in [0.15, 0.2) is 11.6 Å². The minimum absolute atomic E-state index is 0.195. The molecule has 2 aromatic carbocycles. The molecule has 1 fully saturated rings. The fourth-order valence-electron chi connectivity index (χ4n) is 3.57. The van der Waals surface area contributed by atoms with Gasteiger partial charge in [0, 0.05) is 43.0 Å². The lowest BCUT2D eigenvalue weighted by Gasteiger charge is -2.40. The molecule has 2 atom stereocenters. The van der Waals surface area contributed by atoms with Crippen molar-refractivity contribution in [2.75, 3.05) is 31.5 Å². The van der Waals surface area contributed by atoms with Crippen molar-refractivity contribution in [3.63, 3.8) is 0 Å². The lowest BCUT2D eigenvalue weighted by molar-refractivity contribution is -0.126. The molecule has 0 aromatic heterocycles. The molecule has 9 heteroatoms. The van der Waals surface area contributed by atoms with E-state index in [1.807, 2.05) is 9.80 Å². The van der Waals surface area contributed by atoms with E-state index >= 15 is 0 Å². The quantitative estimate of drug-likeness (QED) is 0.730. The van der Waals surface area contributed by atoms with Gasteiger partial charge in [0.1, 0.15) is 6.04 Å². The van der Waals surface area contributed by atoms with Gasteiger partial charge in [-0.15, -0.1) is 0 Å². The van der Waals surface area contributed by atoms with Crippen LogP contribution in [0.4, 0.5) is 14.5 Å². The molecule has 2 aromatic rings. The summed E-state index contributed by atoms with van der Waals surface area (Å²) in [5.74, 6) is -2.76. The first kappa shape index (κ1) is 22.1. The van der Waals surface area contributed by atoms with E-state index in [1.165, 1.54) is 6.07 Å². The molecule has 3 rings (SSSR count). The molecule has 1 aliphatic heterocycles. The van der Waals surface area contributed by atoms with Gasteiger partial charge in [0.25, 0.3) is 0 Å². The topological polar surface area (TPSA) is 78.7 Å². The summed E-state index contributed by atoms with van der Waals surface area (Å²) in [6.45, 7) is 3.92. The smallest absolute Gasteiger partial charge is 0.241 e. The van der Waals surface area contributed by atoms with Gasteiger partial charge in [-0.2, -0.15) is 0 Å². The van der Waals surface area contributed by atoms with E-state index in [1.54, 1.807) is 31.2 Å². The Hall–Kier alpha value is -2.55. The van der Waals surface area contributed by atoms with Crippen LogP contribution in [0.3, 0.4) is 0 Å². The second kappa shape index (κ2) is 9.51. The molecule has 6 nitrogen and oxygen atoms in total. The summed E-state index contributed by atoms with van der Waals surface area (Å²) in [5, 5.41) is 3.18. The third kappa shape index (κ3) is 5.13. The van der Waals surface area contributed by atoms with Crippen LogP contribution in [-0.2, 0) is 9.59 Å². The largest absolute Gasteiger partial charge is 0.368 e. The Labute approximate surface area is 178 Å². The number of primary amides is 1. The number of nitrogens with one attached hydrogen (secondary N) is 1. The van der Waals surface area contributed by atoms with Crippen LogP contribution in [0.5, 0.6) is 0 Å². The van der Waals surface area contributed by atoms with Gasteiger partial charge in [-0.1, -0.05) is 23.7 Å². The number of nitrogens with two attached hydrogens (primary N) is 1. The minimum atomic E-state index is -1.02. The number of benzene rings is 2. The number of piperazine rings is 1. The molecule has 3 N–H and O–H groups in total. The number of carbonyl (C=O) groups is 2. The second-order valence-corrected chi connectivity index (χ2v) is 7.66. The summed E-state index contributed by atoms with van der Waals surface area (Å²) in [4.78, 5) is 28.5. The fraction of sp³-hybridized carbons (Fsp3) is 0.333. The van der Waals surface area contributed by atoms with E-state index in [0.717, 1.165) is 17.7 Å². The van der Waals surface area contributed by atoms with Crippen LogP contribution in [0.25, 0.3) is 0 Å². The molecule has 0 bridgehead atoms. The molecular weight excluding hydrogens is 414 g/mol. The molecule has 0 aliphatic carbocycles. The van der Waals surface area contributed by atoms with Crippen molar-refractivity contribution in [1.29, 1.82) is 0 Å². The van der Waals surface area contributed by atoms with E-state index in [0.29, 0.717) is 31.2 Å². The summed E-state index contributed by atoms with van der Waals surface area (Å²) in [5.41, 5.74) is 6.60. The average molecular weight is 437 g/mol. The number of hydrogen-bond acceptors (Lipinski definition) is 4. The summed E-state index contributed by atoms with van der Waals surface area (Å²) in [6.07, 6.45) is 0. The number of carbonyl (C=O) groups excluding carboxylic acids is 2. The first-order valence-corrected chi connectivity index (χ1v) is 9.93. The Bertz CT molecular complexity index is 918. The molecule has 0 radical (unpaired) electrons. The van der Waals surface area contributed by atoms with Gasteiger partial charge < -0.3 is 11.1 Å². The standard InChI is InChI=1S/C21H23ClF2N4O2/c1-13(21(30)26-16-6-7-17(23)18(24)12-16)27-8-10-28(11-9-27)19(20(25)29)14-2-4-15(22)5-3-14/h2-7,12-13,19H,8-11H2,1H3,(H2,25,29)(H,26,30)/t13-,19-/m1/s1. The monoisotopic (exact) mass is 436 g/mol. The SMILES string of the molecule is C[C@H](C(=O)Nc1ccc(F)c(F)c1)N1CCN([C@@H](C(N)=O)c2ccc(Cl)cc2)CC1.